The minimum Gasteiger partial charge on any atom is -0.216 e. The number of benzene rings is 6. The van der Waals surface area contributed by atoms with E-state index in [9.17, 15) is 0 Å². The van der Waals surface area contributed by atoms with E-state index in [4.69, 9.17) is 31.5 Å². The molecule has 0 saturated heterocycles. The van der Waals surface area contributed by atoms with Crippen LogP contribution in [-0.4, -0.2) is 24.9 Å². The molecule has 0 atom stereocenters. The summed E-state index contributed by atoms with van der Waals surface area (Å²) in [5.74, 6) is 1.88. The van der Waals surface area contributed by atoms with Crippen molar-refractivity contribution in [1.82, 2.24) is 24.9 Å². The van der Waals surface area contributed by atoms with E-state index in [2.05, 4.69) is 108 Å². The predicted octanol–water partition coefficient (Wildman–Crippen LogP) is 12.4. The Bertz CT molecular complexity index is 2940. The van der Waals surface area contributed by atoms with E-state index in [1.54, 1.807) is 22.7 Å². The minimum absolute atomic E-state index is 0.246. The second kappa shape index (κ2) is 12.2. The number of hydrogen-bond donors (Lipinski definition) is 0. The van der Waals surface area contributed by atoms with E-state index in [-0.39, 0.29) is 5.28 Å². The Kier molecular flexibility index (Phi) is 7.16. The molecule has 0 N–H and O–H groups in total. The normalized spacial score (nSPS) is 11.6. The summed E-state index contributed by atoms with van der Waals surface area (Å²) in [6.07, 6.45) is 0. The first-order chi connectivity index (χ1) is 25.2. The highest BCUT2D eigenvalue weighted by atomic mass is 35.5. The molecule has 0 aliphatic rings. The number of halogens is 1. The smallest absolute Gasteiger partial charge is 0.216 e. The predicted molar refractivity (Wildman–Crippen MR) is 213 cm³/mol. The van der Waals surface area contributed by atoms with Crippen LogP contribution in [0.1, 0.15) is 0 Å². The fraction of sp³-hybridized carbons (Fsp3) is 0. The SMILES string of the molecule is Clc1nc(-c2cccc3c2sc2ccc(-c4nc(-c5ccccc5)nc(-c5cccc(-c6ccccc6)c5)n4)cc23)c2sc3ccccc3c2n1. The fourth-order valence-corrected chi connectivity index (χ4v) is 9.20. The van der Waals surface area contributed by atoms with Crippen LogP contribution in [0, 0.1) is 0 Å². The molecule has 0 aliphatic heterocycles. The lowest BCUT2D eigenvalue weighted by Gasteiger charge is -2.10. The van der Waals surface area contributed by atoms with Gasteiger partial charge in [0.05, 0.1) is 15.9 Å². The molecule has 0 unspecified atom stereocenters. The van der Waals surface area contributed by atoms with Gasteiger partial charge in [-0.05, 0) is 53.1 Å². The Labute approximate surface area is 305 Å². The van der Waals surface area contributed by atoms with E-state index >= 15 is 0 Å². The summed E-state index contributed by atoms with van der Waals surface area (Å²) in [5.41, 5.74) is 7.83. The van der Waals surface area contributed by atoms with Gasteiger partial charge in [0.15, 0.2) is 17.5 Å². The van der Waals surface area contributed by atoms with Gasteiger partial charge in [0, 0.05) is 52.5 Å². The topological polar surface area (TPSA) is 64.5 Å². The lowest BCUT2D eigenvalue weighted by atomic mass is 10.0. The zero-order valence-electron chi connectivity index (χ0n) is 26.8. The molecule has 0 spiro atoms. The fourth-order valence-electron chi connectivity index (χ4n) is 6.69. The summed E-state index contributed by atoms with van der Waals surface area (Å²) in [4.78, 5) is 24.5. The third-order valence-electron chi connectivity index (χ3n) is 9.10. The van der Waals surface area contributed by atoms with Crippen LogP contribution in [0.4, 0.5) is 0 Å². The Morgan fingerprint density at radius 3 is 1.78 bits per heavy atom. The molecule has 0 aliphatic carbocycles. The lowest BCUT2D eigenvalue weighted by Crippen LogP contribution is -2.00. The van der Waals surface area contributed by atoms with Crippen LogP contribution in [-0.2, 0) is 0 Å². The van der Waals surface area contributed by atoms with Crippen LogP contribution in [0.15, 0.2) is 146 Å². The van der Waals surface area contributed by atoms with Crippen molar-refractivity contribution >= 4 is 74.7 Å². The molecule has 6 aromatic carbocycles. The van der Waals surface area contributed by atoms with Crippen molar-refractivity contribution in [2.75, 3.05) is 0 Å². The molecule has 0 radical (unpaired) electrons. The van der Waals surface area contributed by atoms with Crippen molar-refractivity contribution < 1.29 is 0 Å². The minimum atomic E-state index is 0.246. The molecule has 0 amide bonds. The van der Waals surface area contributed by atoms with Gasteiger partial charge >= 0.3 is 0 Å². The molecule has 4 heterocycles. The molecule has 4 aromatic heterocycles. The summed E-state index contributed by atoms with van der Waals surface area (Å²) >= 11 is 10.0. The number of thiophene rings is 2. The van der Waals surface area contributed by atoms with Crippen LogP contribution in [0.5, 0.6) is 0 Å². The average molecular weight is 710 g/mol. The summed E-state index contributed by atoms with van der Waals surface area (Å²) in [6.45, 7) is 0. The van der Waals surface area contributed by atoms with Gasteiger partial charge in [0.2, 0.25) is 5.28 Å². The third kappa shape index (κ3) is 5.25. The Hall–Kier alpha value is -5.86. The Balaban J connectivity index is 1.14. The second-order valence-corrected chi connectivity index (χ2v) is 14.7. The first-order valence-corrected chi connectivity index (χ1v) is 18.5. The first-order valence-electron chi connectivity index (χ1n) is 16.4. The largest absolute Gasteiger partial charge is 0.223 e. The van der Waals surface area contributed by atoms with Crippen molar-refractivity contribution in [3.63, 3.8) is 0 Å². The van der Waals surface area contributed by atoms with Gasteiger partial charge in [-0.1, -0.05) is 115 Å². The van der Waals surface area contributed by atoms with Crippen molar-refractivity contribution in [2.24, 2.45) is 0 Å². The molecule has 10 rings (SSSR count). The van der Waals surface area contributed by atoms with E-state index in [0.29, 0.717) is 17.5 Å². The molecule has 0 bridgehead atoms. The standard InChI is InChI=1S/C43H24ClN5S2/c44-43-45-36-31-17-7-8-20-34(31)51-39(36)37(46-43)32-19-10-18-30-33-24-29(21-22-35(33)50-38(30)32)42-48-40(26-13-5-2-6-14-26)47-41(49-42)28-16-9-15-27(23-28)25-11-3-1-4-12-25/h1-24H. The monoisotopic (exact) mass is 709 g/mol. The van der Waals surface area contributed by atoms with Crippen LogP contribution < -0.4 is 0 Å². The first kappa shape index (κ1) is 30.0. The average Bonchev–Trinajstić information content (AvgIpc) is 3.76. The van der Waals surface area contributed by atoms with Crippen molar-refractivity contribution in [2.45, 2.75) is 0 Å². The van der Waals surface area contributed by atoms with Crippen LogP contribution in [0.2, 0.25) is 5.28 Å². The molecular formula is C43H24ClN5S2. The quantitative estimate of drug-likeness (QED) is 0.166. The molecular weight excluding hydrogens is 686 g/mol. The van der Waals surface area contributed by atoms with Crippen LogP contribution in [0.3, 0.4) is 0 Å². The maximum atomic E-state index is 6.57. The summed E-state index contributed by atoms with van der Waals surface area (Å²) in [5, 5.41) is 3.62. The molecule has 240 valence electrons. The third-order valence-corrected chi connectivity index (χ3v) is 11.7. The van der Waals surface area contributed by atoms with E-state index in [0.717, 1.165) is 74.8 Å². The van der Waals surface area contributed by atoms with Crippen LogP contribution in [0.25, 0.3) is 97.0 Å². The molecule has 5 nitrogen and oxygen atoms in total. The maximum Gasteiger partial charge on any atom is 0.223 e. The number of nitrogens with zero attached hydrogens (tertiary/aromatic N) is 5. The summed E-state index contributed by atoms with van der Waals surface area (Å²) < 4.78 is 4.52. The van der Waals surface area contributed by atoms with Gasteiger partial charge in [-0.25, -0.2) is 24.9 Å². The Morgan fingerprint density at radius 2 is 0.980 bits per heavy atom. The van der Waals surface area contributed by atoms with Gasteiger partial charge in [0.25, 0.3) is 0 Å². The molecule has 8 heteroatoms. The molecule has 10 aromatic rings. The summed E-state index contributed by atoms with van der Waals surface area (Å²) in [7, 11) is 0. The zero-order chi connectivity index (χ0) is 33.9. The van der Waals surface area contributed by atoms with Gasteiger partial charge < -0.3 is 0 Å². The highest BCUT2D eigenvalue weighted by molar-refractivity contribution is 7.27. The van der Waals surface area contributed by atoms with Crippen molar-refractivity contribution in [3.05, 3.63) is 151 Å². The van der Waals surface area contributed by atoms with Crippen molar-refractivity contribution in [3.8, 4) is 56.5 Å². The number of hydrogen-bond acceptors (Lipinski definition) is 7. The molecule has 0 saturated carbocycles. The summed E-state index contributed by atoms with van der Waals surface area (Å²) in [6, 6.07) is 50.0. The second-order valence-electron chi connectivity index (χ2n) is 12.2. The van der Waals surface area contributed by atoms with Gasteiger partial charge in [-0.3, -0.25) is 0 Å². The van der Waals surface area contributed by atoms with Crippen LogP contribution >= 0.6 is 34.3 Å². The highest BCUT2D eigenvalue weighted by Crippen LogP contribution is 2.45. The van der Waals surface area contributed by atoms with Gasteiger partial charge in [-0.15, -0.1) is 22.7 Å². The number of aromatic nitrogens is 5. The number of fused-ring (bicyclic) bond motifs is 6. The van der Waals surface area contributed by atoms with Crippen molar-refractivity contribution in [1.29, 1.82) is 0 Å². The van der Waals surface area contributed by atoms with E-state index < -0.39 is 0 Å². The molecule has 0 fully saturated rings. The maximum absolute atomic E-state index is 6.57. The number of rotatable bonds is 5. The lowest BCUT2D eigenvalue weighted by molar-refractivity contribution is 1.07. The van der Waals surface area contributed by atoms with Gasteiger partial charge in [0.1, 0.15) is 0 Å². The highest BCUT2D eigenvalue weighted by Gasteiger charge is 2.20. The zero-order valence-corrected chi connectivity index (χ0v) is 29.2. The van der Waals surface area contributed by atoms with Gasteiger partial charge in [-0.2, -0.15) is 0 Å². The molecule has 51 heavy (non-hydrogen) atoms. The Morgan fingerprint density at radius 1 is 0.392 bits per heavy atom. The van der Waals surface area contributed by atoms with E-state index in [1.165, 1.54) is 4.70 Å². The van der Waals surface area contributed by atoms with E-state index in [1.807, 2.05) is 42.5 Å².